The van der Waals surface area contributed by atoms with E-state index in [1.807, 2.05) is 0 Å². The first-order valence-corrected chi connectivity index (χ1v) is 6.00. The van der Waals surface area contributed by atoms with E-state index >= 15 is 0 Å². The van der Waals surface area contributed by atoms with Crippen molar-refractivity contribution in [3.63, 3.8) is 0 Å². The smallest absolute Gasteiger partial charge is 0.417 e. The minimum atomic E-state index is -4.42. The van der Waals surface area contributed by atoms with Crippen molar-refractivity contribution in [2.75, 3.05) is 5.43 Å². The van der Waals surface area contributed by atoms with Gasteiger partial charge in [0.05, 0.1) is 11.3 Å². The van der Waals surface area contributed by atoms with Gasteiger partial charge in [0.2, 0.25) is 0 Å². The SMILES string of the molecule is C/C(=N\Nc1ccc(C(F)(F)F)cn1)c1ccccc1O. The lowest BCUT2D eigenvalue weighted by atomic mass is 10.1. The van der Waals surface area contributed by atoms with E-state index in [1.54, 1.807) is 25.1 Å². The number of phenolic OH excluding ortho intramolecular Hbond substituents is 1. The van der Waals surface area contributed by atoms with Crippen molar-refractivity contribution < 1.29 is 18.3 Å². The Kier molecular flexibility index (Phi) is 4.11. The zero-order valence-corrected chi connectivity index (χ0v) is 11.0. The number of rotatable bonds is 3. The summed E-state index contributed by atoms with van der Waals surface area (Å²) in [5.41, 5.74) is 2.73. The van der Waals surface area contributed by atoms with Gasteiger partial charge in [0, 0.05) is 11.8 Å². The predicted molar refractivity (Wildman–Crippen MR) is 73.2 cm³/mol. The van der Waals surface area contributed by atoms with Crippen LogP contribution >= 0.6 is 0 Å². The standard InChI is InChI=1S/C14H12F3N3O/c1-9(11-4-2-3-5-12(11)21)19-20-13-7-6-10(8-18-13)14(15,16)17/h2-8,21H,1H3,(H,18,20)/b19-9+. The predicted octanol–water partition coefficient (Wildman–Crippen LogP) is 3.64. The van der Waals surface area contributed by atoms with Gasteiger partial charge in [-0.15, -0.1) is 0 Å². The summed E-state index contributed by atoms with van der Waals surface area (Å²) in [5, 5.41) is 13.6. The molecule has 0 spiro atoms. The molecule has 0 aliphatic rings. The number of nitrogens with zero attached hydrogens (tertiary/aromatic N) is 2. The van der Waals surface area contributed by atoms with Crippen LogP contribution in [-0.2, 0) is 6.18 Å². The summed E-state index contributed by atoms with van der Waals surface area (Å²) in [6.07, 6.45) is -3.69. The maximum atomic E-state index is 12.4. The van der Waals surface area contributed by atoms with Gasteiger partial charge in [-0.25, -0.2) is 4.98 Å². The third-order valence-electron chi connectivity index (χ3n) is 2.72. The van der Waals surface area contributed by atoms with Crippen LogP contribution in [-0.4, -0.2) is 15.8 Å². The topological polar surface area (TPSA) is 57.5 Å². The number of hydrogen-bond donors (Lipinski definition) is 2. The molecule has 0 fully saturated rings. The normalized spacial score (nSPS) is 12.3. The molecule has 110 valence electrons. The summed E-state index contributed by atoms with van der Waals surface area (Å²) in [5.74, 6) is 0.249. The van der Waals surface area contributed by atoms with E-state index in [0.29, 0.717) is 11.3 Å². The third-order valence-corrected chi connectivity index (χ3v) is 2.72. The van der Waals surface area contributed by atoms with Crippen LogP contribution in [0, 0.1) is 0 Å². The lowest BCUT2D eigenvalue weighted by Crippen LogP contribution is -2.06. The fourth-order valence-electron chi connectivity index (χ4n) is 1.61. The quantitative estimate of drug-likeness (QED) is 0.671. The highest BCUT2D eigenvalue weighted by Crippen LogP contribution is 2.28. The summed E-state index contributed by atoms with van der Waals surface area (Å²) in [6, 6.07) is 8.72. The largest absolute Gasteiger partial charge is 0.507 e. The number of hydrazone groups is 1. The number of hydrogen-bond acceptors (Lipinski definition) is 4. The fraction of sp³-hybridized carbons (Fsp3) is 0.143. The van der Waals surface area contributed by atoms with Gasteiger partial charge in [-0.05, 0) is 31.2 Å². The van der Waals surface area contributed by atoms with Crippen molar-refractivity contribution in [1.29, 1.82) is 0 Å². The summed E-state index contributed by atoms with van der Waals surface area (Å²) in [7, 11) is 0. The average Bonchev–Trinajstić information content (AvgIpc) is 2.45. The van der Waals surface area contributed by atoms with Crippen LogP contribution in [0.25, 0.3) is 0 Å². The summed E-state index contributed by atoms with van der Waals surface area (Å²) >= 11 is 0. The summed E-state index contributed by atoms with van der Waals surface area (Å²) in [4.78, 5) is 3.63. The molecule has 0 unspecified atom stereocenters. The number of para-hydroxylation sites is 1. The number of phenols is 1. The van der Waals surface area contributed by atoms with E-state index in [-0.39, 0.29) is 11.6 Å². The lowest BCUT2D eigenvalue weighted by Gasteiger charge is -2.07. The van der Waals surface area contributed by atoms with Gasteiger partial charge >= 0.3 is 6.18 Å². The highest BCUT2D eigenvalue weighted by molar-refractivity contribution is 6.01. The maximum Gasteiger partial charge on any atom is 0.417 e. The molecule has 1 aromatic carbocycles. The lowest BCUT2D eigenvalue weighted by molar-refractivity contribution is -0.137. The van der Waals surface area contributed by atoms with Crippen molar-refractivity contribution >= 4 is 11.5 Å². The molecule has 0 aliphatic carbocycles. The number of benzene rings is 1. The van der Waals surface area contributed by atoms with Crippen LogP contribution in [0.5, 0.6) is 5.75 Å². The number of aromatic hydroxyl groups is 1. The molecule has 4 nitrogen and oxygen atoms in total. The zero-order chi connectivity index (χ0) is 15.5. The van der Waals surface area contributed by atoms with E-state index in [1.165, 1.54) is 12.1 Å². The number of alkyl halides is 3. The first kappa shape index (κ1) is 14.8. The molecule has 0 saturated carbocycles. The molecule has 0 saturated heterocycles. The number of nitrogens with one attached hydrogen (secondary N) is 1. The van der Waals surface area contributed by atoms with Crippen LogP contribution in [0.2, 0.25) is 0 Å². The molecular weight excluding hydrogens is 283 g/mol. The Morgan fingerprint density at radius 1 is 1.19 bits per heavy atom. The molecule has 0 bridgehead atoms. The Bertz CT molecular complexity index is 651. The monoisotopic (exact) mass is 295 g/mol. The first-order valence-electron chi connectivity index (χ1n) is 6.00. The number of aromatic nitrogens is 1. The van der Waals surface area contributed by atoms with E-state index < -0.39 is 11.7 Å². The van der Waals surface area contributed by atoms with Gasteiger partial charge in [-0.2, -0.15) is 18.3 Å². The molecule has 0 radical (unpaired) electrons. The Hall–Kier alpha value is -2.57. The van der Waals surface area contributed by atoms with E-state index in [9.17, 15) is 18.3 Å². The van der Waals surface area contributed by atoms with Crippen molar-refractivity contribution in [3.05, 3.63) is 53.7 Å². The minimum Gasteiger partial charge on any atom is -0.507 e. The molecule has 0 atom stereocenters. The zero-order valence-electron chi connectivity index (χ0n) is 11.0. The van der Waals surface area contributed by atoms with Gasteiger partial charge in [-0.3, -0.25) is 5.43 Å². The minimum absolute atomic E-state index is 0.0703. The van der Waals surface area contributed by atoms with Gasteiger partial charge in [0.1, 0.15) is 11.6 Å². The average molecular weight is 295 g/mol. The number of anilines is 1. The molecule has 2 rings (SSSR count). The second-order valence-corrected chi connectivity index (χ2v) is 4.26. The van der Waals surface area contributed by atoms with Crippen LogP contribution in [0.1, 0.15) is 18.1 Å². The van der Waals surface area contributed by atoms with Crippen molar-refractivity contribution in [2.24, 2.45) is 5.10 Å². The van der Waals surface area contributed by atoms with Gasteiger partial charge in [-0.1, -0.05) is 12.1 Å². The van der Waals surface area contributed by atoms with E-state index in [0.717, 1.165) is 12.3 Å². The fourth-order valence-corrected chi connectivity index (χ4v) is 1.61. The Morgan fingerprint density at radius 2 is 1.90 bits per heavy atom. The van der Waals surface area contributed by atoms with Crippen molar-refractivity contribution in [1.82, 2.24) is 4.98 Å². The molecule has 1 heterocycles. The Morgan fingerprint density at radius 3 is 2.48 bits per heavy atom. The summed E-state index contributed by atoms with van der Waals surface area (Å²) < 4.78 is 37.2. The molecule has 21 heavy (non-hydrogen) atoms. The first-order chi connectivity index (χ1) is 9.88. The highest BCUT2D eigenvalue weighted by atomic mass is 19.4. The molecule has 1 aromatic heterocycles. The number of halogens is 3. The second kappa shape index (κ2) is 5.82. The molecule has 2 aromatic rings. The Balaban J connectivity index is 2.12. The van der Waals surface area contributed by atoms with E-state index in [4.69, 9.17) is 0 Å². The van der Waals surface area contributed by atoms with Gasteiger partial charge in [0.15, 0.2) is 0 Å². The Labute approximate surface area is 119 Å². The van der Waals surface area contributed by atoms with Crippen LogP contribution < -0.4 is 5.43 Å². The third kappa shape index (κ3) is 3.71. The van der Waals surface area contributed by atoms with Crippen LogP contribution in [0.3, 0.4) is 0 Å². The highest BCUT2D eigenvalue weighted by Gasteiger charge is 2.30. The molecule has 7 heteroatoms. The van der Waals surface area contributed by atoms with Crippen molar-refractivity contribution in [3.8, 4) is 5.75 Å². The van der Waals surface area contributed by atoms with Gasteiger partial charge < -0.3 is 5.11 Å². The molecule has 0 amide bonds. The van der Waals surface area contributed by atoms with Crippen LogP contribution in [0.4, 0.5) is 19.0 Å². The summed E-state index contributed by atoms with van der Waals surface area (Å²) in [6.45, 7) is 1.66. The molecule has 0 aliphatic heterocycles. The van der Waals surface area contributed by atoms with Gasteiger partial charge in [0.25, 0.3) is 0 Å². The molecular formula is C14H12F3N3O. The second-order valence-electron chi connectivity index (χ2n) is 4.26. The van der Waals surface area contributed by atoms with Crippen LogP contribution in [0.15, 0.2) is 47.7 Å². The number of pyridine rings is 1. The maximum absolute atomic E-state index is 12.4. The molecule has 2 N–H and O–H groups in total. The van der Waals surface area contributed by atoms with Crippen molar-refractivity contribution in [2.45, 2.75) is 13.1 Å². The van der Waals surface area contributed by atoms with E-state index in [2.05, 4.69) is 15.5 Å².